The van der Waals surface area contributed by atoms with Gasteiger partial charge in [-0.2, -0.15) is 5.26 Å². The minimum atomic E-state index is -0.574. The van der Waals surface area contributed by atoms with Crippen molar-refractivity contribution in [1.82, 2.24) is 4.90 Å². The first-order chi connectivity index (χ1) is 10.0. The Morgan fingerprint density at radius 2 is 2.24 bits per heavy atom. The fraction of sp³-hybridized carbons (Fsp3) is 0.429. The molecule has 0 unspecified atom stereocenters. The fourth-order valence-electron chi connectivity index (χ4n) is 1.77. The molecule has 112 valence electrons. The van der Waals surface area contributed by atoms with E-state index in [1.807, 2.05) is 13.0 Å². The number of benzene rings is 1. The Kier molecular flexibility index (Phi) is 6.14. The van der Waals surface area contributed by atoms with Crippen LogP contribution in [-0.4, -0.2) is 35.9 Å². The van der Waals surface area contributed by atoms with E-state index in [0.717, 1.165) is 13.0 Å². The van der Waals surface area contributed by atoms with Crippen molar-refractivity contribution in [2.75, 3.05) is 25.5 Å². The van der Waals surface area contributed by atoms with E-state index in [0.29, 0.717) is 5.69 Å². The van der Waals surface area contributed by atoms with Crippen molar-refractivity contribution in [2.45, 2.75) is 19.8 Å². The van der Waals surface area contributed by atoms with Crippen LogP contribution in [-0.2, 0) is 0 Å². The quantitative estimate of drug-likeness (QED) is 0.614. The Labute approximate surface area is 123 Å². The first kappa shape index (κ1) is 16.4. The highest BCUT2D eigenvalue weighted by atomic mass is 16.6. The molecule has 7 heteroatoms. The molecule has 0 spiro atoms. The lowest BCUT2D eigenvalue weighted by Gasteiger charge is -2.16. The first-order valence-electron chi connectivity index (χ1n) is 6.66. The summed E-state index contributed by atoms with van der Waals surface area (Å²) in [4.78, 5) is 24.1. The number of nitrogens with one attached hydrogen (secondary N) is 1. The average molecular weight is 290 g/mol. The van der Waals surface area contributed by atoms with Gasteiger partial charge in [-0.25, -0.2) is 0 Å². The second kappa shape index (κ2) is 7.85. The number of amides is 1. The van der Waals surface area contributed by atoms with Crippen LogP contribution in [0.15, 0.2) is 18.2 Å². The molecule has 0 saturated carbocycles. The molecule has 0 fully saturated rings. The minimum Gasteiger partial charge on any atom is -0.385 e. The molecule has 1 rings (SSSR count). The van der Waals surface area contributed by atoms with Crippen molar-refractivity contribution < 1.29 is 9.72 Å². The third-order valence-electron chi connectivity index (χ3n) is 2.91. The number of hydrogen-bond donors (Lipinski definition) is 1. The van der Waals surface area contributed by atoms with E-state index in [-0.39, 0.29) is 24.2 Å². The zero-order valence-electron chi connectivity index (χ0n) is 12.1. The molecule has 1 N–H and O–H groups in total. The van der Waals surface area contributed by atoms with Crippen molar-refractivity contribution in [1.29, 1.82) is 5.26 Å². The lowest BCUT2D eigenvalue weighted by Crippen LogP contribution is -2.28. The highest BCUT2D eigenvalue weighted by molar-refractivity contribution is 5.99. The molecule has 0 aliphatic heterocycles. The Hall–Kier alpha value is -2.62. The summed E-state index contributed by atoms with van der Waals surface area (Å²) in [6, 6.07) is 6.33. The summed E-state index contributed by atoms with van der Waals surface area (Å²) >= 11 is 0. The molecule has 0 aliphatic carbocycles. The lowest BCUT2D eigenvalue weighted by atomic mass is 10.1. The number of hydrogen-bond acceptors (Lipinski definition) is 5. The summed E-state index contributed by atoms with van der Waals surface area (Å²) in [5.41, 5.74) is 0.465. The molecule has 0 saturated heterocycles. The average Bonchev–Trinajstić information content (AvgIpc) is 2.49. The summed E-state index contributed by atoms with van der Waals surface area (Å²) in [6.45, 7) is 2.95. The van der Waals surface area contributed by atoms with Crippen LogP contribution < -0.4 is 5.32 Å². The minimum absolute atomic E-state index is 0.0292. The number of nitro groups is 1. The van der Waals surface area contributed by atoms with Crippen LogP contribution in [0.1, 0.15) is 30.1 Å². The summed E-state index contributed by atoms with van der Waals surface area (Å²) < 4.78 is 0. The molecule has 0 aromatic heterocycles. The third kappa shape index (κ3) is 4.45. The molecule has 0 aliphatic rings. The molecule has 0 atom stereocenters. The van der Waals surface area contributed by atoms with Crippen molar-refractivity contribution in [3.8, 4) is 6.07 Å². The maximum Gasteiger partial charge on any atom is 0.282 e. The standard InChI is InChI=1S/C14H18N4O3/c1-3-8-16-11-5-6-13(18(20)21)12(10-11)14(19)17(2)9-4-7-15/h5-6,10,16H,3-4,8-9H2,1-2H3. The normalized spacial score (nSPS) is 9.76. The van der Waals surface area contributed by atoms with E-state index in [9.17, 15) is 14.9 Å². The number of nitriles is 1. The summed E-state index contributed by atoms with van der Waals surface area (Å²) in [6.07, 6.45) is 1.09. The van der Waals surface area contributed by atoms with Crippen LogP contribution in [0.5, 0.6) is 0 Å². The number of anilines is 1. The summed E-state index contributed by atoms with van der Waals surface area (Å²) in [5, 5.41) is 22.7. The Balaban J connectivity index is 3.08. The van der Waals surface area contributed by atoms with Crippen molar-refractivity contribution >= 4 is 17.3 Å². The molecule has 1 aromatic rings. The van der Waals surface area contributed by atoms with Crippen LogP contribution in [0.2, 0.25) is 0 Å². The SMILES string of the molecule is CCCNc1ccc([N+](=O)[O-])c(C(=O)N(C)CCC#N)c1. The second-order valence-electron chi connectivity index (χ2n) is 4.55. The fourth-order valence-corrected chi connectivity index (χ4v) is 1.77. The van der Waals surface area contributed by atoms with Gasteiger partial charge in [0.05, 0.1) is 17.4 Å². The van der Waals surface area contributed by atoms with E-state index < -0.39 is 10.8 Å². The van der Waals surface area contributed by atoms with Gasteiger partial charge in [-0.3, -0.25) is 14.9 Å². The van der Waals surface area contributed by atoms with E-state index in [2.05, 4.69) is 5.32 Å². The highest BCUT2D eigenvalue weighted by Gasteiger charge is 2.23. The Morgan fingerprint density at radius 3 is 2.81 bits per heavy atom. The van der Waals surface area contributed by atoms with Crippen LogP contribution in [0.25, 0.3) is 0 Å². The van der Waals surface area contributed by atoms with E-state index in [4.69, 9.17) is 5.26 Å². The van der Waals surface area contributed by atoms with Gasteiger partial charge in [0.1, 0.15) is 5.56 Å². The van der Waals surface area contributed by atoms with Gasteiger partial charge >= 0.3 is 0 Å². The largest absolute Gasteiger partial charge is 0.385 e. The van der Waals surface area contributed by atoms with Gasteiger partial charge in [-0.05, 0) is 18.6 Å². The van der Waals surface area contributed by atoms with Gasteiger partial charge in [0.15, 0.2) is 0 Å². The second-order valence-corrected chi connectivity index (χ2v) is 4.55. The van der Waals surface area contributed by atoms with E-state index >= 15 is 0 Å². The van der Waals surface area contributed by atoms with Crippen molar-refractivity contribution in [3.63, 3.8) is 0 Å². The zero-order chi connectivity index (χ0) is 15.8. The number of nitrogens with zero attached hydrogens (tertiary/aromatic N) is 3. The van der Waals surface area contributed by atoms with Crippen LogP contribution in [0.3, 0.4) is 0 Å². The predicted octanol–water partition coefficient (Wildman–Crippen LogP) is 2.40. The maximum atomic E-state index is 12.3. The molecule has 0 radical (unpaired) electrons. The molecule has 7 nitrogen and oxygen atoms in total. The molecule has 0 bridgehead atoms. The van der Waals surface area contributed by atoms with Gasteiger partial charge in [0.25, 0.3) is 11.6 Å². The summed E-state index contributed by atoms with van der Waals surface area (Å²) in [5.74, 6) is -0.461. The molecule has 1 aromatic carbocycles. The van der Waals surface area contributed by atoms with Gasteiger partial charge in [-0.15, -0.1) is 0 Å². The molecular weight excluding hydrogens is 272 g/mol. The van der Waals surface area contributed by atoms with Gasteiger partial charge in [-0.1, -0.05) is 6.92 Å². The monoisotopic (exact) mass is 290 g/mol. The van der Waals surface area contributed by atoms with Crippen LogP contribution >= 0.6 is 0 Å². The third-order valence-corrected chi connectivity index (χ3v) is 2.91. The van der Waals surface area contributed by atoms with Crippen LogP contribution in [0.4, 0.5) is 11.4 Å². The van der Waals surface area contributed by atoms with E-state index in [1.165, 1.54) is 24.1 Å². The van der Waals surface area contributed by atoms with E-state index in [1.54, 1.807) is 6.07 Å². The number of carbonyl (C=O) groups is 1. The number of rotatable bonds is 7. The number of nitro benzene ring substituents is 1. The smallest absolute Gasteiger partial charge is 0.282 e. The highest BCUT2D eigenvalue weighted by Crippen LogP contribution is 2.24. The molecule has 0 heterocycles. The number of carbonyl (C=O) groups excluding carboxylic acids is 1. The van der Waals surface area contributed by atoms with Gasteiger partial charge in [0, 0.05) is 31.9 Å². The lowest BCUT2D eigenvalue weighted by molar-refractivity contribution is -0.385. The predicted molar refractivity (Wildman–Crippen MR) is 79.1 cm³/mol. The van der Waals surface area contributed by atoms with Crippen LogP contribution in [0, 0.1) is 21.4 Å². The Morgan fingerprint density at radius 1 is 1.52 bits per heavy atom. The van der Waals surface area contributed by atoms with Crippen molar-refractivity contribution in [3.05, 3.63) is 33.9 Å². The zero-order valence-corrected chi connectivity index (χ0v) is 12.1. The molecular formula is C14H18N4O3. The Bertz CT molecular complexity index is 566. The van der Waals surface area contributed by atoms with Crippen molar-refractivity contribution in [2.24, 2.45) is 0 Å². The molecule has 21 heavy (non-hydrogen) atoms. The molecule has 1 amide bonds. The van der Waals surface area contributed by atoms with Gasteiger partial charge < -0.3 is 10.2 Å². The topological polar surface area (TPSA) is 99.3 Å². The summed E-state index contributed by atoms with van der Waals surface area (Å²) in [7, 11) is 1.52. The van der Waals surface area contributed by atoms with Gasteiger partial charge in [0.2, 0.25) is 0 Å². The first-order valence-corrected chi connectivity index (χ1v) is 6.66. The maximum absolute atomic E-state index is 12.3.